The van der Waals surface area contributed by atoms with Gasteiger partial charge in [-0.05, 0) is 19.3 Å². The van der Waals surface area contributed by atoms with Crippen LogP contribution in [0.4, 0.5) is 5.69 Å². The second-order valence-corrected chi connectivity index (χ2v) is 5.29. The van der Waals surface area contributed by atoms with Gasteiger partial charge in [0, 0.05) is 13.1 Å². The minimum atomic E-state index is -0.807. The van der Waals surface area contributed by atoms with E-state index in [0.29, 0.717) is 6.54 Å². The quantitative estimate of drug-likeness (QED) is 0.587. The van der Waals surface area contributed by atoms with E-state index in [9.17, 15) is 19.7 Å². The number of aromatic nitrogens is 2. The van der Waals surface area contributed by atoms with Gasteiger partial charge in [-0.25, -0.2) is 4.79 Å². The van der Waals surface area contributed by atoms with Gasteiger partial charge in [0.2, 0.25) is 0 Å². The first-order chi connectivity index (χ1) is 9.31. The maximum Gasteiger partial charge on any atom is 0.353 e. The third kappa shape index (κ3) is 3.15. The van der Waals surface area contributed by atoms with Crippen LogP contribution < -0.4 is 11.2 Å². The van der Waals surface area contributed by atoms with E-state index in [2.05, 4.69) is 0 Å². The number of unbranched alkanes of at least 4 members (excludes halogenated alkanes) is 1. The van der Waals surface area contributed by atoms with Gasteiger partial charge in [0.15, 0.2) is 0 Å². The van der Waals surface area contributed by atoms with Crippen LogP contribution in [-0.4, -0.2) is 14.1 Å². The molecule has 20 heavy (non-hydrogen) atoms. The molecule has 1 aromatic rings. The summed E-state index contributed by atoms with van der Waals surface area (Å²) in [7, 11) is 0. The molecule has 0 radical (unpaired) electrons. The molecule has 0 aliphatic carbocycles. The van der Waals surface area contributed by atoms with Crippen molar-refractivity contribution in [1.29, 1.82) is 0 Å². The monoisotopic (exact) mass is 283 g/mol. The maximum atomic E-state index is 12.3. The number of hydrogen-bond donors (Lipinski definition) is 0. The fourth-order valence-electron chi connectivity index (χ4n) is 2.10. The summed E-state index contributed by atoms with van der Waals surface area (Å²) in [5, 5.41) is 11.1. The predicted molar refractivity (Wildman–Crippen MR) is 76.1 cm³/mol. The zero-order chi connectivity index (χ0) is 15.4. The molecule has 0 N–H and O–H groups in total. The van der Waals surface area contributed by atoms with Crippen molar-refractivity contribution < 1.29 is 4.92 Å². The zero-order valence-electron chi connectivity index (χ0n) is 12.4. The second kappa shape index (κ2) is 6.49. The number of nitro groups is 1. The highest BCUT2D eigenvalue weighted by Gasteiger charge is 2.24. The third-order valence-electron chi connectivity index (χ3n) is 3.12. The Bertz CT molecular complexity index is 613. The lowest BCUT2D eigenvalue weighted by Crippen LogP contribution is -2.43. The molecule has 0 amide bonds. The molecule has 7 nitrogen and oxygen atoms in total. The molecular formula is C13H21N3O4. The molecular weight excluding hydrogens is 262 g/mol. The zero-order valence-corrected chi connectivity index (χ0v) is 12.4. The van der Waals surface area contributed by atoms with E-state index in [1.807, 2.05) is 20.8 Å². The minimum Gasteiger partial charge on any atom is -0.291 e. The molecule has 7 heteroatoms. The normalized spacial score (nSPS) is 11.1. The van der Waals surface area contributed by atoms with E-state index in [-0.39, 0.29) is 18.2 Å². The van der Waals surface area contributed by atoms with Gasteiger partial charge in [-0.3, -0.25) is 24.0 Å². The molecule has 0 saturated heterocycles. The summed E-state index contributed by atoms with van der Waals surface area (Å²) in [5.74, 6) is 0.0577. The van der Waals surface area contributed by atoms with Crippen molar-refractivity contribution in [3.63, 3.8) is 0 Å². The molecule has 112 valence electrons. The van der Waals surface area contributed by atoms with Crippen LogP contribution in [-0.2, 0) is 13.1 Å². The topological polar surface area (TPSA) is 87.1 Å². The molecule has 1 rings (SSSR count). The minimum absolute atomic E-state index is 0.0577. The standard InChI is InChI=1S/C13H21N3O4/c1-5-6-7-14-10(4)11(16(19)20)12(17)15(13(14)18)8-9(2)3/h9H,5-8H2,1-4H3. The first kappa shape index (κ1) is 16.1. The van der Waals surface area contributed by atoms with Crippen LogP contribution in [0.3, 0.4) is 0 Å². The molecule has 0 aromatic carbocycles. The van der Waals surface area contributed by atoms with Gasteiger partial charge in [0.25, 0.3) is 0 Å². The number of rotatable bonds is 6. The molecule has 0 aliphatic rings. The van der Waals surface area contributed by atoms with Crippen molar-refractivity contribution in [2.75, 3.05) is 0 Å². The largest absolute Gasteiger partial charge is 0.353 e. The highest BCUT2D eigenvalue weighted by molar-refractivity contribution is 5.31. The molecule has 1 aromatic heterocycles. The predicted octanol–water partition coefficient (Wildman–Crippen LogP) is 1.68. The molecule has 0 fully saturated rings. The van der Waals surface area contributed by atoms with Crippen LogP contribution in [0.25, 0.3) is 0 Å². The van der Waals surface area contributed by atoms with E-state index in [1.165, 1.54) is 11.5 Å². The van der Waals surface area contributed by atoms with Crippen LogP contribution in [0.15, 0.2) is 9.59 Å². The third-order valence-corrected chi connectivity index (χ3v) is 3.12. The fraction of sp³-hybridized carbons (Fsp3) is 0.692. The van der Waals surface area contributed by atoms with E-state index < -0.39 is 21.9 Å². The van der Waals surface area contributed by atoms with Crippen LogP contribution in [0.1, 0.15) is 39.3 Å². The highest BCUT2D eigenvalue weighted by atomic mass is 16.6. The molecule has 0 spiro atoms. The molecule has 0 bridgehead atoms. The van der Waals surface area contributed by atoms with Crippen LogP contribution in [0.5, 0.6) is 0 Å². The second-order valence-electron chi connectivity index (χ2n) is 5.29. The summed E-state index contributed by atoms with van der Waals surface area (Å²) in [4.78, 5) is 34.8. The van der Waals surface area contributed by atoms with Crippen molar-refractivity contribution in [3.8, 4) is 0 Å². The first-order valence-electron chi connectivity index (χ1n) is 6.79. The molecule has 0 atom stereocenters. The Morgan fingerprint density at radius 3 is 2.30 bits per heavy atom. The average molecular weight is 283 g/mol. The van der Waals surface area contributed by atoms with Gasteiger partial charge in [0.1, 0.15) is 5.69 Å². The average Bonchev–Trinajstić information content (AvgIpc) is 2.34. The van der Waals surface area contributed by atoms with Crippen molar-refractivity contribution in [2.24, 2.45) is 5.92 Å². The van der Waals surface area contributed by atoms with Gasteiger partial charge < -0.3 is 0 Å². The Morgan fingerprint density at radius 1 is 1.25 bits per heavy atom. The Hall–Kier alpha value is -1.92. The smallest absolute Gasteiger partial charge is 0.291 e. The molecule has 0 unspecified atom stereocenters. The van der Waals surface area contributed by atoms with Crippen molar-refractivity contribution >= 4 is 5.69 Å². The summed E-state index contributed by atoms with van der Waals surface area (Å²) >= 11 is 0. The Balaban J connectivity index is 3.60. The number of nitrogens with zero attached hydrogens (tertiary/aromatic N) is 3. The van der Waals surface area contributed by atoms with Crippen molar-refractivity contribution in [2.45, 2.75) is 53.6 Å². The molecule has 0 saturated carbocycles. The van der Waals surface area contributed by atoms with Gasteiger partial charge in [-0.15, -0.1) is 0 Å². The van der Waals surface area contributed by atoms with Gasteiger partial charge in [-0.1, -0.05) is 27.2 Å². The summed E-state index contributed by atoms with van der Waals surface area (Å²) in [6, 6.07) is 0. The van der Waals surface area contributed by atoms with Gasteiger partial charge >= 0.3 is 16.9 Å². The fourth-order valence-corrected chi connectivity index (χ4v) is 2.10. The number of hydrogen-bond acceptors (Lipinski definition) is 4. The molecule has 1 heterocycles. The van der Waals surface area contributed by atoms with Crippen molar-refractivity contribution in [1.82, 2.24) is 9.13 Å². The first-order valence-corrected chi connectivity index (χ1v) is 6.79. The summed E-state index contributed by atoms with van der Waals surface area (Å²) in [5.41, 5.74) is -1.63. The van der Waals surface area contributed by atoms with E-state index in [1.54, 1.807) is 0 Å². The Kier molecular flexibility index (Phi) is 5.24. The maximum absolute atomic E-state index is 12.3. The van der Waals surface area contributed by atoms with E-state index in [0.717, 1.165) is 17.4 Å². The van der Waals surface area contributed by atoms with E-state index >= 15 is 0 Å². The summed E-state index contributed by atoms with van der Waals surface area (Å²) in [6.07, 6.45) is 1.60. The van der Waals surface area contributed by atoms with Crippen LogP contribution in [0, 0.1) is 23.0 Å². The lowest BCUT2D eigenvalue weighted by atomic mass is 10.2. The molecule has 0 aliphatic heterocycles. The Morgan fingerprint density at radius 2 is 1.85 bits per heavy atom. The van der Waals surface area contributed by atoms with Crippen LogP contribution >= 0.6 is 0 Å². The SMILES string of the molecule is CCCCn1c(C)c([N+](=O)[O-])c(=O)n(CC(C)C)c1=O. The van der Waals surface area contributed by atoms with Gasteiger partial charge in [-0.2, -0.15) is 0 Å². The van der Waals surface area contributed by atoms with Crippen molar-refractivity contribution in [3.05, 3.63) is 36.6 Å². The van der Waals surface area contributed by atoms with E-state index in [4.69, 9.17) is 0 Å². The highest BCUT2D eigenvalue weighted by Crippen LogP contribution is 2.11. The summed E-state index contributed by atoms with van der Waals surface area (Å²) in [6.45, 7) is 7.71. The van der Waals surface area contributed by atoms with Crippen LogP contribution in [0.2, 0.25) is 0 Å². The Labute approximate surface area is 117 Å². The van der Waals surface area contributed by atoms with Gasteiger partial charge in [0.05, 0.1) is 4.92 Å². The summed E-state index contributed by atoms with van der Waals surface area (Å²) < 4.78 is 2.32. The lowest BCUT2D eigenvalue weighted by Gasteiger charge is -2.14. The lowest BCUT2D eigenvalue weighted by molar-refractivity contribution is -0.387.